The summed E-state index contributed by atoms with van der Waals surface area (Å²) in [7, 11) is 1.51. The minimum Gasteiger partial charge on any atom is -0.364 e. The smallest absolute Gasteiger partial charge is 0.253 e. The minimum atomic E-state index is -0.535. The molecule has 4 N–H and O–H groups in total. The van der Waals surface area contributed by atoms with Gasteiger partial charge in [0.05, 0.1) is 17.4 Å². The summed E-state index contributed by atoms with van der Waals surface area (Å²) < 4.78 is 5.53. The highest BCUT2D eigenvalue weighted by Gasteiger charge is 2.30. The second-order valence-electron chi connectivity index (χ2n) is 4.82. The second kappa shape index (κ2) is 8.33. The van der Waals surface area contributed by atoms with E-state index in [2.05, 4.69) is 10.6 Å². The Hall–Kier alpha value is -1.34. The van der Waals surface area contributed by atoms with Gasteiger partial charge in [0, 0.05) is 18.6 Å². The van der Waals surface area contributed by atoms with Gasteiger partial charge in [-0.2, -0.15) is 0 Å². The summed E-state index contributed by atoms with van der Waals surface area (Å²) in [5.41, 5.74) is 6.24. The van der Waals surface area contributed by atoms with Crippen molar-refractivity contribution in [1.82, 2.24) is 5.32 Å². The predicted octanol–water partition coefficient (Wildman–Crippen LogP) is 1.57. The number of carbonyl (C=O) groups excluding carboxylic acids is 2. The van der Waals surface area contributed by atoms with Crippen molar-refractivity contribution < 1.29 is 14.3 Å². The molecular formula is C14H19Cl2N3O3. The van der Waals surface area contributed by atoms with E-state index in [4.69, 9.17) is 22.1 Å². The van der Waals surface area contributed by atoms with Crippen LogP contribution >= 0.6 is 24.0 Å². The van der Waals surface area contributed by atoms with Crippen LogP contribution in [0.25, 0.3) is 0 Å². The molecule has 1 aromatic carbocycles. The Morgan fingerprint density at radius 3 is 2.73 bits per heavy atom. The maximum absolute atomic E-state index is 12.2. The van der Waals surface area contributed by atoms with Crippen molar-refractivity contribution in [3.63, 3.8) is 0 Å². The molecule has 22 heavy (non-hydrogen) atoms. The monoisotopic (exact) mass is 347 g/mol. The fraction of sp³-hybridized carbons (Fsp3) is 0.429. The number of carbonyl (C=O) groups is 2. The van der Waals surface area contributed by atoms with Gasteiger partial charge in [0.25, 0.3) is 11.8 Å². The normalized spacial score (nSPS) is 20.1. The summed E-state index contributed by atoms with van der Waals surface area (Å²) in [6.07, 6.45) is 0.768. The molecule has 2 amide bonds. The van der Waals surface area contributed by atoms with Crippen LogP contribution in [-0.2, 0) is 9.53 Å². The summed E-state index contributed by atoms with van der Waals surface area (Å²) in [5.74, 6) is -0.599. The van der Waals surface area contributed by atoms with Crippen molar-refractivity contribution in [1.29, 1.82) is 0 Å². The molecule has 1 saturated heterocycles. The van der Waals surface area contributed by atoms with Gasteiger partial charge < -0.3 is 21.1 Å². The van der Waals surface area contributed by atoms with Crippen LogP contribution < -0.4 is 16.4 Å². The average Bonchev–Trinajstić information content (AvgIpc) is 2.97. The first-order valence-electron chi connectivity index (χ1n) is 6.73. The van der Waals surface area contributed by atoms with E-state index in [1.54, 1.807) is 12.1 Å². The summed E-state index contributed by atoms with van der Waals surface area (Å²) in [6.45, 7) is 0.397. The number of hydrogen-bond donors (Lipinski definition) is 3. The van der Waals surface area contributed by atoms with Crippen molar-refractivity contribution in [2.45, 2.75) is 25.0 Å². The standard InChI is InChI=1S/C14H18ClN3O3.ClH/c1-17-13(19)10-6-8(15)2-4-11(10)18-14(20)12-5-3-9(7-16)21-12;/h2,4,6,9,12H,3,5,7,16H2,1H3,(H,17,19)(H,18,20);1H/t9-,12+;/m1./s1. The van der Waals surface area contributed by atoms with Crippen LogP contribution in [0.5, 0.6) is 0 Å². The molecule has 0 unspecified atom stereocenters. The van der Waals surface area contributed by atoms with Gasteiger partial charge in [-0.15, -0.1) is 12.4 Å². The van der Waals surface area contributed by atoms with Gasteiger partial charge in [0.2, 0.25) is 0 Å². The van der Waals surface area contributed by atoms with Gasteiger partial charge in [-0.1, -0.05) is 11.6 Å². The van der Waals surface area contributed by atoms with E-state index >= 15 is 0 Å². The number of nitrogens with two attached hydrogens (primary N) is 1. The maximum Gasteiger partial charge on any atom is 0.253 e. The molecule has 1 heterocycles. The lowest BCUT2D eigenvalue weighted by molar-refractivity contribution is -0.126. The molecule has 1 aliphatic heterocycles. The molecule has 6 nitrogen and oxygen atoms in total. The average molecular weight is 348 g/mol. The van der Waals surface area contributed by atoms with Gasteiger partial charge in [-0.25, -0.2) is 0 Å². The highest BCUT2D eigenvalue weighted by Crippen LogP contribution is 2.24. The molecule has 2 rings (SSSR count). The number of hydrogen-bond acceptors (Lipinski definition) is 4. The van der Waals surface area contributed by atoms with Crippen LogP contribution in [-0.4, -0.2) is 37.6 Å². The quantitative estimate of drug-likeness (QED) is 0.770. The summed E-state index contributed by atoms with van der Waals surface area (Å²) in [5, 5.41) is 5.65. The topological polar surface area (TPSA) is 93.5 Å². The fourth-order valence-corrected chi connectivity index (χ4v) is 2.41. The summed E-state index contributed by atoms with van der Waals surface area (Å²) in [6, 6.07) is 4.72. The molecule has 0 aliphatic carbocycles. The van der Waals surface area contributed by atoms with Gasteiger partial charge >= 0.3 is 0 Å². The highest BCUT2D eigenvalue weighted by atomic mass is 35.5. The molecule has 8 heteroatoms. The second-order valence-corrected chi connectivity index (χ2v) is 5.25. The molecule has 1 fully saturated rings. The lowest BCUT2D eigenvalue weighted by atomic mass is 10.1. The third-order valence-electron chi connectivity index (χ3n) is 3.37. The van der Waals surface area contributed by atoms with Crippen molar-refractivity contribution in [3.8, 4) is 0 Å². The largest absolute Gasteiger partial charge is 0.364 e. The van der Waals surface area contributed by atoms with E-state index in [9.17, 15) is 9.59 Å². The molecule has 2 atom stereocenters. The zero-order chi connectivity index (χ0) is 15.4. The molecule has 0 aromatic heterocycles. The number of nitrogens with one attached hydrogen (secondary N) is 2. The zero-order valence-electron chi connectivity index (χ0n) is 12.1. The predicted molar refractivity (Wildman–Crippen MR) is 87.7 cm³/mol. The Morgan fingerprint density at radius 1 is 1.41 bits per heavy atom. The molecular weight excluding hydrogens is 329 g/mol. The summed E-state index contributed by atoms with van der Waals surface area (Å²) in [4.78, 5) is 24.0. The van der Waals surface area contributed by atoms with Crippen LogP contribution in [0.1, 0.15) is 23.2 Å². The lowest BCUT2D eigenvalue weighted by Gasteiger charge is -2.15. The number of benzene rings is 1. The van der Waals surface area contributed by atoms with Gasteiger partial charge in [-0.05, 0) is 31.0 Å². The fourth-order valence-electron chi connectivity index (χ4n) is 2.23. The highest BCUT2D eigenvalue weighted by molar-refractivity contribution is 6.31. The Labute approximate surface area is 140 Å². The van der Waals surface area contributed by atoms with Crippen LogP contribution in [0.3, 0.4) is 0 Å². The van der Waals surface area contributed by atoms with E-state index in [0.29, 0.717) is 29.2 Å². The minimum absolute atomic E-state index is 0. The van der Waals surface area contributed by atoms with Crippen molar-refractivity contribution >= 4 is 41.5 Å². The molecule has 0 bridgehead atoms. The third-order valence-corrected chi connectivity index (χ3v) is 3.61. The van der Waals surface area contributed by atoms with Crippen molar-refractivity contribution in [2.24, 2.45) is 5.73 Å². The van der Waals surface area contributed by atoms with Crippen LogP contribution in [0.4, 0.5) is 5.69 Å². The van der Waals surface area contributed by atoms with Crippen molar-refractivity contribution in [3.05, 3.63) is 28.8 Å². The maximum atomic E-state index is 12.2. The first kappa shape index (κ1) is 18.7. The van der Waals surface area contributed by atoms with E-state index in [-0.39, 0.29) is 30.3 Å². The van der Waals surface area contributed by atoms with Crippen LogP contribution in [0, 0.1) is 0 Å². The number of ether oxygens (including phenoxy) is 1. The molecule has 1 aromatic rings. The SMILES string of the molecule is CNC(=O)c1cc(Cl)ccc1NC(=O)[C@@H]1CC[C@H](CN)O1.Cl. The van der Waals surface area contributed by atoms with Crippen LogP contribution in [0.2, 0.25) is 5.02 Å². The Morgan fingerprint density at radius 2 is 2.14 bits per heavy atom. The van der Waals surface area contributed by atoms with E-state index in [1.165, 1.54) is 13.1 Å². The number of rotatable bonds is 4. The Bertz CT molecular complexity index is 554. The van der Waals surface area contributed by atoms with Gasteiger partial charge in [0.1, 0.15) is 6.10 Å². The van der Waals surface area contributed by atoms with Gasteiger partial charge in [0.15, 0.2) is 0 Å². The number of amides is 2. The third kappa shape index (κ3) is 4.33. The van der Waals surface area contributed by atoms with Crippen LogP contribution in [0.15, 0.2) is 18.2 Å². The van der Waals surface area contributed by atoms with E-state index in [1.807, 2.05) is 0 Å². The molecule has 0 radical (unpaired) electrons. The van der Waals surface area contributed by atoms with E-state index in [0.717, 1.165) is 6.42 Å². The van der Waals surface area contributed by atoms with Crippen molar-refractivity contribution in [2.75, 3.05) is 18.9 Å². The first-order chi connectivity index (χ1) is 10.0. The zero-order valence-corrected chi connectivity index (χ0v) is 13.7. The molecule has 122 valence electrons. The van der Waals surface area contributed by atoms with Gasteiger partial charge in [-0.3, -0.25) is 9.59 Å². The number of halogens is 2. The number of anilines is 1. The molecule has 1 aliphatic rings. The Kier molecular flexibility index (Phi) is 7.09. The van der Waals surface area contributed by atoms with E-state index < -0.39 is 6.10 Å². The summed E-state index contributed by atoms with van der Waals surface area (Å²) >= 11 is 5.89. The Balaban J connectivity index is 0.00000242. The molecule has 0 spiro atoms. The first-order valence-corrected chi connectivity index (χ1v) is 7.11. The lowest BCUT2D eigenvalue weighted by Crippen LogP contribution is -2.31. The molecule has 0 saturated carbocycles.